The van der Waals surface area contributed by atoms with Gasteiger partial charge in [0, 0.05) is 18.6 Å². The third-order valence-electron chi connectivity index (χ3n) is 4.00. The SMILES string of the molecule is CNC(C)c1ccc(N2CC(C)CC2C)c(F)c1. The maximum absolute atomic E-state index is 14.2. The van der Waals surface area contributed by atoms with Crippen LogP contribution in [-0.4, -0.2) is 19.6 Å². The standard InChI is InChI=1S/C15H23FN2/c1-10-7-11(2)18(9-10)15-6-5-13(8-14(15)16)12(3)17-4/h5-6,8,10-12,17H,7,9H2,1-4H3. The molecule has 0 aromatic heterocycles. The maximum Gasteiger partial charge on any atom is 0.146 e. The summed E-state index contributed by atoms with van der Waals surface area (Å²) in [5.41, 5.74) is 1.75. The van der Waals surface area contributed by atoms with Gasteiger partial charge in [0.15, 0.2) is 0 Å². The quantitative estimate of drug-likeness (QED) is 0.885. The van der Waals surface area contributed by atoms with Gasteiger partial charge in [-0.05, 0) is 50.9 Å². The number of hydrogen-bond acceptors (Lipinski definition) is 2. The second kappa shape index (κ2) is 5.27. The molecule has 0 amide bonds. The van der Waals surface area contributed by atoms with Crippen molar-refractivity contribution in [1.82, 2.24) is 5.32 Å². The molecule has 1 saturated heterocycles. The first kappa shape index (κ1) is 13.3. The minimum Gasteiger partial charge on any atom is -0.366 e. The molecule has 0 bridgehead atoms. The van der Waals surface area contributed by atoms with E-state index < -0.39 is 0 Å². The summed E-state index contributed by atoms with van der Waals surface area (Å²) in [6.45, 7) is 7.40. The van der Waals surface area contributed by atoms with Gasteiger partial charge in [-0.1, -0.05) is 13.0 Å². The normalized spacial score (nSPS) is 25.5. The van der Waals surface area contributed by atoms with E-state index in [0.717, 1.165) is 24.2 Å². The fraction of sp³-hybridized carbons (Fsp3) is 0.600. The molecule has 3 heteroatoms. The largest absolute Gasteiger partial charge is 0.366 e. The van der Waals surface area contributed by atoms with E-state index in [1.807, 2.05) is 26.1 Å². The van der Waals surface area contributed by atoms with Crippen LogP contribution in [0.25, 0.3) is 0 Å². The van der Waals surface area contributed by atoms with Gasteiger partial charge in [-0.3, -0.25) is 0 Å². The average Bonchev–Trinajstić information content (AvgIpc) is 2.67. The van der Waals surface area contributed by atoms with E-state index in [-0.39, 0.29) is 11.9 Å². The summed E-state index contributed by atoms with van der Waals surface area (Å²) in [5.74, 6) is 0.547. The van der Waals surface area contributed by atoms with Crippen LogP contribution in [0.1, 0.15) is 38.8 Å². The first-order chi connectivity index (χ1) is 8.52. The van der Waals surface area contributed by atoms with E-state index >= 15 is 0 Å². The van der Waals surface area contributed by atoms with Gasteiger partial charge in [-0.15, -0.1) is 0 Å². The number of rotatable bonds is 3. The highest BCUT2D eigenvalue weighted by Gasteiger charge is 2.28. The van der Waals surface area contributed by atoms with Gasteiger partial charge < -0.3 is 10.2 Å². The number of halogens is 1. The summed E-state index contributed by atoms with van der Waals surface area (Å²) >= 11 is 0. The lowest BCUT2D eigenvalue weighted by molar-refractivity contribution is 0.598. The Labute approximate surface area is 109 Å². The Hall–Kier alpha value is -1.09. The number of nitrogens with one attached hydrogen (secondary N) is 1. The van der Waals surface area contributed by atoms with Gasteiger partial charge in [0.25, 0.3) is 0 Å². The fourth-order valence-electron chi connectivity index (χ4n) is 2.83. The molecule has 2 rings (SSSR count). The molecule has 1 heterocycles. The predicted molar refractivity (Wildman–Crippen MR) is 74.5 cm³/mol. The Kier molecular flexibility index (Phi) is 3.91. The monoisotopic (exact) mass is 250 g/mol. The average molecular weight is 250 g/mol. The van der Waals surface area contributed by atoms with Crippen molar-refractivity contribution < 1.29 is 4.39 Å². The topological polar surface area (TPSA) is 15.3 Å². The molecule has 1 aliphatic rings. The fourth-order valence-corrected chi connectivity index (χ4v) is 2.83. The zero-order chi connectivity index (χ0) is 13.3. The number of anilines is 1. The first-order valence-electron chi connectivity index (χ1n) is 6.76. The summed E-state index contributed by atoms with van der Waals surface area (Å²) in [6.07, 6.45) is 1.15. The molecule has 0 saturated carbocycles. The van der Waals surface area contributed by atoms with Crippen molar-refractivity contribution in [3.05, 3.63) is 29.6 Å². The summed E-state index contributed by atoms with van der Waals surface area (Å²) in [6, 6.07) is 6.22. The third-order valence-corrected chi connectivity index (χ3v) is 4.00. The molecule has 1 aliphatic heterocycles. The van der Waals surface area contributed by atoms with E-state index in [0.29, 0.717) is 12.0 Å². The molecule has 18 heavy (non-hydrogen) atoms. The Morgan fingerprint density at radius 2 is 2.11 bits per heavy atom. The van der Waals surface area contributed by atoms with Crippen molar-refractivity contribution in [2.45, 2.75) is 39.3 Å². The summed E-state index contributed by atoms with van der Waals surface area (Å²) in [4.78, 5) is 2.19. The van der Waals surface area contributed by atoms with Crippen LogP contribution in [-0.2, 0) is 0 Å². The van der Waals surface area contributed by atoms with E-state index in [1.165, 1.54) is 0 Å². The molecule has 1 N–H and O–H groups in total. The Balaban J connectivity index is 2.25. The van der Waals surface area contributed by atoms with Gasteiger partial charge in [0.05, 0.1) is 5.69 Å². The van der Waals surface area contributed by atoms with Crippen LogP contribution in [0, 0.1) is 11.7 Å². The summed E-state index contributed by atoms with van der Waals surface area (Å²) in [5, 5.41) is 3.13. The second-order valence-electron chi connectivity index (χ2n) is 5.56. The van der Waals surface area contributed by atoms with Crippen molar-refractivity contribution in [3.63, 3.8) is 0 Å². The van der Waals surface area contributed by atoms with Crippen molar-refractivity contribution in [2.75, 3.05) is 18.5 Å². The number of hydrogen-bond donors (Lipinski definition) is 1. The number of benzene rings is 1. The van der Waals surface area contributed by atoms with Crippen LogP contribution in [0.4, 0.5) is 10.1 Å². The van der Waals surface area contributed by atoms with Gasteiger partial charge in [0.2, 0.25) is 0 Å². The zero-order valence-corrected chi connectivity index (χ0v) is 11.7. The smallest absolute Gasteiger partial charge is 0.146 e. The number of nitrogens with zero attached hydrogens (tertiary/aromatic N) is 1. The molecule has 100 valence electrons. The molecule has 1 aromatic rings. The van der Waals surface area contributed by atoms with E-state index in [2.05, 4.69) is 24.1 Å². The maximum atomic E-state index is 14.2. The lowest BCUT2D eigenvalue weighted by Crippen LogP contribution is -2.27. The Morgan fingerprint density at radius 1 is 1.39 bits per heavy atom. The first-order valence-corrected chi connectivity index (χ1v) is 6.76. The van der Waals surface area contributed by atoms with Gasteiger partial charge in [-0.2, -0.15) is 0 Å². The third kappa shape index (κ3) is 2.51. The van der Waals surface area contributed by atoms with Crippen LogP contribution >= 0.6 is 0 Å². The lowest BCUT2D eigenvalue weighted by atomic mass is 10.1. The van der Waals surface area contributed by atoms with Gasteiger partial charge in [0.1, 0.15) is 5.82 Å². The Morgan fingerprint density at radius 3 is 2.61 bits per heavy atom. The van der Waals surface area contributed by atoms with E-state index in [1.54, 1.807) is 6.07 Å². The lowest BCUT2D eigenvalue weighted by Gasteiger charge is -2.25. The van der Waals surface area contributed by atoms with Gasteiger partial charge >= 0.3 is 0 Å². The molecule has 1 aromatic carbocycles. The highest BCUT2D eigenvalue weighted by Crippen LogP contribution is 2.31. The van der Waals surface area contributed by atoms with Crippen molar-refractivity contribution in [1.29, 1.82) is 0 Å². The summed E-state index contributed by atoms with van der Waals surface area (Å²) in [7, 11) is 1.89. The minimum absolute atomic E-state index is 0.101. The van der Waals surface area contributed by atoms with Crippen LogP contribution in [0.5, 0.6) is 0 Å². The molecule has 0 aliphatic carbocycles. The molecular formula is C15H23FN2. The van der Waals surface area contributed by atoms with Crippen molar-refractivity contribution in [3.8, 4) is 0 Å². The molecule has 2 nitrogen and oxygen atoms in total. The van der Waals surface area contributed by atoms with E-state index in [4.69, 9.17) is 0 Å². The minimum atomic E-state index is -0.101. The zero-order valence-electron chi connectivity index (χ0n) is 11.7. The summed E-state index contributed by atoms with van der Waals surface area (Å²) < 4.78 is 14.2. The molecule has 1 fully saturated rings. The van der Waals surface area contributed by atoms with Gasteiger partial charge in [-0.25, -0.2) is 4.39 Å². The van der Waals surface area contributed by atoms with Crippen molar-refractivity contribution >= 4 is 5.69 Å². The molecule has 0 spiro atoms. The van der Waals surface area contributed by atoms with Crippen LogP contribution in [0.3, 0.4) is 0 Å². The van der Waals surface area contributed by atoms with Crippen molar-refractivity contribution in [2.24, 2.45) is 5.92 Å². The Bertz CT molecular complexity index is 419. The molecule has 3 unspecified atom stereocenters. The van der Waals surface area contributed by atoms with Crippen LogP contribution in [0.15, 0.2) is 18.2 Å². The van der Waals surface area contributed by atoms with E-state index in [9.17, 15) is 4.39 Å². The molecular weight excluding hydrogens is 227 g/mol. The van der Waals surface area contributed by atoms with Crippen LogP contribution < -0.4 is 10.2 Å². The molecule has 0 radical (unpaired) electrons. The van der Waals surface area contributed by atoms with Crippen LogP contribution in [0.2, 0.25) is 0 Å². The second-order valence-corrected chi connectivity index (χ2v) is 5.56. The molecule has 3 atom stereocenters. The highest BCUT2D eigenvalue weighted by molar-refractivity contribution is 5.51. The highest BCUT2D eigenvalue weighted by atomic mass is 19.1. The predicted octanol–water partition coefficient (Wildman–Crippen LogP) is 3.34.